The number of ether oxygens (including phenoxy) is 2. The SMILES string of the molecule is CCc1ccc(CC(C(=O)OC)C(=O)OC)cc1. The van der Waals surface area contributed by atoms with E-state index in [1.807, 2.05) is 24.3 Å². The van der Waals surface area contributed by atoms with Gasteiger partial charge in [0.25, 0.3) is 0 Å². The van der Waals surface area contributed by atoms with E-state index >= 15 is 0 Å². The van der Waals surface area contributed by atoms with Gasteiger partial charge in [0.2, 0.25) is 0 Å². The molecule has 0 spiro atoms. The number of aryl methyl sites for hydroxylation is 1. The standard InChI is InChI=1S/C14H18O4/c1-4-10-5-7-11(8-6-10)9-12(13(15)17-2)14(16)18-3/h5-8,12H,4,9H2,1-3H3. The van der Waals surface area contributed by atoms with E-state index in [1.54, 1.807) is 0 Å². The van der Waals surface area contributed by atoms with Crippen molar-refractivity contribution in [1.82, 2.24) is 0 Å². The van der Waals surface area contributed by atoms with Gasteiger partial charge < -0.3 is 9.47 Å². The predicted molar refractivity (Wildman–Crippen MR) is 67.0 cm³/mol. The Labute approximate surface area is 107 Å². The summed E-state index contributed by atoms with van der Waals surface area (Å²) in [5.41, 5.74) is 2.12. The molecule has 0 saturated heterocycles. The van der Waals surface area contributed by atoms with E-state index in [9.17, 15) is 9.59 Å². The summed E-state index contributed by atoms with van der Waals surface area (Å²) in [5, 5.41) is 0. The quantitative estimate of drug-likeness (QED) is 0.590. The Bertz CT molecular complexity index is 392. The fourth-order valence-corrected chi connectivity index (χ4v) is 1.69. The Morgan fingerprint density at radius 3 is 1.83 bits per heavy atom. The zero-order chi connectivity index (χ0) is 13.5. The summed E-state index contributed by atoms with van der Waals surface area (Å²) in [4.78, 5) is 23.0. The van der Waals surface area contributed by atoms with Gasteiger partial charge in [-0.3, -0.25) is 9.59 Å². The lowest BCUT2D eigenvalue weighted by atomic mass is 9.98. The first-order chi connectivity index (χ1) is 8.62. The number of methoxy groups -OCH3 is 2. The first-order valence-electron chi connectivity index (χ1n) is 5.85. The predicted octanol–water partition coefficient (Wildman–Crippen LogP) is 1.75. The van der Waals surface area contributed by atoms with Gasteiger partial charge in [0.15, 0.2) is 5.92 Å². The summed E-state index contributed by atoms with van der Waals surface area (Å²) < 4.78 is 9.23. The molecule has 1 aromatic rings. The molecule has 0 aliphatic rings. The van der Waals surface area contributed by atoms with Gasteiger partial charge in [0.1, 0.15) is 0 Å². The minimum absolute atomic E-state index is 0.295. The van der Waals surface area contributed by atoms with Crippen LogP contribution in [0.2, 0.25) is 0 Å². The number of carbonyl (C=O) groups excluding carboxylic acids is 2. The molecule has 0 heterocycles. The van der Waals surface area contributed by atoms with Gasteiger partial charge >= 0.3 is 11.9 Å². The highest BCUT2D eigenvalue weighted by Crippen LogP contribution is 2.13. The van der Waals surface area contributed by atoms with E-state index in [4.69, 9.17) is 0 Å². The van der Waals surface area contributed by atoms with Crippen LogP contribution in [0.5, 0.6) is 0 Å². The molecule has 0 atom stereocenters. The number of hydrogen-bond acceptors (Lipinski definition) is 4. The van der Waals surface area contributed by atoms with E-state index in [1.165, 1.54) is 19.8 Å². The Hall–Kier alpha value is -1.84. The van der Waals surface area contributed by atoms with E-state index in [2.05, 4.69) is 16.4 Å². The molecule has 18 heavy (non-hydrogen) atoms. The average molecular weight is 250 g/mol. The molecule has 4 heteroatoms. The van der Waals surface area contributed by atoms with Crippen LogP contribution in [0.25, 0.3) is 0 Å². The van der Waals surface area contributed by atoms with Crippen LogP contribution in [0.4, 0.5) is 0 Å². The Kier molecular flexibility index (Phi) is 5.36. The number of benzene rings is 1. The van der Waals surface area contributed by atoms with Gasteiger partial charge in [0, 0.05) is 0 Å². The molecule has 0 N–H and O–H groups in total. The minimum atomic E-state index is -0.896. The average Bonchev–Trinajstić information content (AvgIpc) is 2.43. The molecule has 4 nitrogen and oxygen atoms in total. The van der Waals surface area contributed by atoms with Crippen molar-refractivity contribution in [2.45, 2.75) is 19.8 Å². The van der Waals surface area contributed by atoms with Crippen molar-refractivity contribution in [2.24, 2.45) is 5.92 Å². The van der Waals surface area contributed by atoms with Crippen LogP contribution in [-0.2, 0) is 31.9 Å². The summed E-state index contributed by atoms with van der Waals surface area (Å²) in [6, 6.07) is 7.80. The minimum Gasteiger partial charge on any atom is -0.468 e. The maximum Gasteiger partial charge on any atom is 0.320 e. The van der Waals surface area contributed by atoms with Crippen molar-refractivity contribution in [2.75, 3.05) is 14.2 Å². The van der Waals surface area contributed by atoms with Gasteiger partial charge in [0.05, 0.1) is 14.2 Å². The van der Waals surface area contributed by atoms with Crippen molar-refractivity contribution in [1.29, 1.82) is 0 Å². The Balaban J connectivity index is 2.82. The summed E-state index contributed by atoms with van der Waals surface area (Å²) in [5.74, 6) is -2.03. The van der Waals surface area contributed by atoms with Crippen LogP contribution < -0.4 is 0 Å². The van der Waals surface area contributed by atoms with Gasteiger partial charge in [-0.15, -0.1) is 0 Å². The van der Waals surface area contributed by atoms with Gasteiger partial charge in [-0.2, -0.15) is 0 Å². The molecule has 0 unspecified atom stereocenters. The molecule has 0 saturated carbocycles. The molecule has 0 aliphatic heterocycles. The third kappa shape index (κ3) is 3.58. The van der Waals surface area contributed by atoms with Crippen molar-refractivity contribution >= 4 is 11.9 Å². The van der Waals surface area contributed by atoms with Crippen LogP contribution in [0.15, 0.2) is 24.3 Å². The molecule has 0 aliphatic carbocycles. The van der Waals surface area contributed by atoms with E-state index in [0.29, 0.717) is 6.42 Å². The van der Waals surface area contributed by atoms with Crippen LogP contribution in [0.1, 0.15) is 18.1 Å². The monoisotopic (exact) mass is 250 g/mol. The molecular formula is C14H18O4. The first-order valence-corrected chi connectivity index (χ1v) is 5.85. The summed E-state index contributed by atoms with van der Waals surface area (Å²) >= 11 is 0. The molecule has 1 aromatic carbocycles. The zero-order valence-electron chi connectivity index (χ0n) is 10.9. The molecule has 98 valence electrons. The lowest BCUT2D eigenvalue weighted by Crippen LogP contribution is -2.28. The molecule has 0 aromatic heterocycles. The highest BCUT2D eigenvalue weighted by atomic mass is 16.5. The second-order valence-corrected chi connectivity index (χ2v) is 3.97. The number of hydrogen-bond donors (Lipinski definition) is 0. The lowest BCUT2D eigenvalue weighted by molar-refractivity contribution is -0.158. The molecule has 0 fully saturated rings. The summed E-state index contributed by atoms with van der Waals surface area (Å²) in [6.45, 7) is 2.07. The van der Waals surface area contributed by atoms with Gasteiger partial charge in [-0.1, -0.05) is 31.2 Å². The molecule has 0 radical (unpaired) electrons. The van der Waals surface area contributed by atoms with Crippen LogP contribution in [0, 0.1) is 5.92 Å². The number of carbonyl (C=O) groups is 2. The Morgan fingerprint density at radius 1 is 1.00 bits per heavy atom. The van der Waals surface area contributed by atoms with Crippen LogP contribution >= 0.6 is 0 Å². The topological polar surface area (TPSA) is 52.6 Å². The van der Waals surface area contributed by atoms with Crippen LogP contribution in [0.3, 0.4) is 0 Å². The fourth-order valence-electron chi connectivity index (χ4n) is 1.69. The second kappa shape index (κ2) is 6.79. The second-order valence-electron chi connectivity index (χ2n) is 3.97. The van der Waals surface area contributed by atoms with Crippen molar-refractivity contribution in [3.63, 3.8) is 0 Å². The smallest absolute Gasteiger partial charge is 0.320 e. The highest BCUT2D eigenvalue weighted by Gasteiger charge is 2.28. The van der Waals surface area contributed by atoms with E-state index in [-0.39, 0.29) is 0 Å². The molecule has 1 rings (SSSR count). The Morgan fingerprint density at radius 2 is 1.44 bits per heavy atom. The summed E-state index contributed by atoms with van der Waals surface area (Å²) in [7, 11) is 2.52. The van der Waals surface area contributed by atoms with Crippen LogP contribution in [-0.4, -0.2) is 26.2 Å². The van der Waals surface area contributed by atoms with E-state index < -0.39 is 17.9 Å². The molecular weight excluding hydrogens is 232 g/mol. The summed E-state index contributed by atoms with van der Waals surface area (Å²) in [6.07, 6.45) is 1.25. The lowest BCUT2D eigenvalue weighted by Gasteiger charge is -2.12. The van der Waals surface area contributed by atoms with Crippen molar-refractivity contribution in [3.8, 4) is 0 Å². The maximum absolute atomic E-state index is 11.5. The number of esters is 2. The zero-order valence-corrected chi connectivity index (χ0v) is 10.9. The highest BCUT2D eigenvalue weighted by molar-refractivity contribution is 5.95. The van der Waals surface area contributed by atoms with Crippen molar-refractivity contribution < 1.29 is 19.1 Å². The van der Waals surface area contributed by atoms with Crippen molar-refractivity contribution in [3.05, 3.63) is 35.4 Å². The maximum atomic E-state index is 11.5. The largest absolute Gasteiger partial charge is 0.468 e. The third-order valence-corrected chi connectivity index (χ3v) is 2.84. The number of rotatable bonds is 5. The third-order valence-electron chi connectivity index (χ3n) is 2.84. The van der Waals surface area contributed by atoms with Gasteiger partial charge in [-0.25, -0.2) is 0 Å². The van der Waals surface area contributed by atoms with Gasteiger partial charge in [-0.05, 0) is 24.0 Å². The van der Waals surface area contributed by atoms with E-state index in [0.717, 1.165) is 12.0 Å². The molecule has 0 amide bonds. The molecule has 0 bridgehead atoms. The fraction of sp³-hybridized carbons (Fsp3) is 0.429. The normalized spacial score (nSPS) is 10.2. The first kappa shape index (κ1) is 14.2.